The van der Waals surface area contributed by atoms with E-state index in [1.807, 2.05) is 6.92 Å². The van der Waals surface area contributed by atoms with E-state index in [4.69, 9.17) is 5.11 Å². The molecule has 0 amide bonds. The van der Waals surface area contributed by atoms with Gasteiger partial charge < -0.3 is 9.84 Å². The smallest absolute Gasteiger partial charge is 0.449 e. The van der Waals surface area contributed by atoms with Crippen LogP contribution in [0, 0.1) is 0 Å². The third-order valence-corrected chi connectivity index (χ3v) is 1.13. The van der Waals surface area contributed by atoms with Crippen LogP contribution in [0.1, 0.15) is 6.92 Å². The number of aromatic nitrogens is 2. The van der Waals surface area contributed by atoms with Crippen LogP contribution in [0.4, 0.5) is 4.79 Å². The lowest BCUT2D eigenvalue weighted by atomic mass is 10.7. The summed E-state index contributed by atoms with van der Waals surface area (Å²) in [6, 6.07) is 1.50. The van der Waals surface area contributed by atoms with Gasteiger partial charge in [0.15, 0.2) is 0 Å². The molecule has 60 valence electrons. The first-order valence-corrected chi connectivity index (χ1v) is 3.16. The van der Waals surface area contributed by atoms with Gasteiger partial charge in [-0.25, -0.2) is 4.79 Å². The van der Waals surface area contributed by atoms with Crippen LogP contribution in [0.2, 0.25) is 0 Å². The van der Waals surface area contributed by atoms with E-state index in [1.165, 1.54) is 6.07 Å². The fraction of sp³-hybridized carbons (Fsp3) is 0.333. The molecular weight excluding hydrogens is 148 g/mol. The molecule has 0 aliphatic heterocycles. The molecule has 0 aromatic carbocycles. The number of aryl methyl sites for hydroxylation is 1. The number of hydrogen-bond donors (Lipinski definition) is 1. The maximum atomic E-state index is 9.99. The minimum absolute atomic E-state index is 0.111. The molecule has 1 heterocycles. The van der Waals surface area contributed by atoms with Crippen molar-refractivity contribution in [1.29, 1.82) is 0 Å². The first kappa shape index (κ1) is 7.59. The van der Waals surface area contributed by atoms with E-state index in [-0.39, 0.29) is 5.88 Å². The lowest BCUT2D eigenvalue weighted by molar-refractivity contribution is 0.142. The van der Waals surface area contributed by atoms with Crippen molar-refractivity contribution >= 4 is 6.16 Å². The molecule has 0 aliphatic rings. The average Bonchev–Trinajstić information content (AvgIpc) is 2.34. The molecule has 0 saturated carbocycles. The van der Waals surface area contributed by atoms with Crippen LogP contribution in [0.15, 0.2) is 12.3 Å². The van der Waals surface area contributed by atoms with Gasteiger partial charge in [0.05, 0.1) is 0 Å². The average molecular weight is 156 g/mol. The Morgan fingerprint density at radius 2 is 2.64 bits per heavy atom. The van der Waals surface area contributed by atoms with Gasteiger partial charge in [0.2, 0.25) is 5.88 Å². The van der Waals surface area contributed by atoms with Crippen LogP contribution in [-0.4, -0.2) is 21.0 Å². The monoisotopic (exact) mass is 156 g/mol. The summed E-state index contributed by atoms with van der Waals surface area (Å²) in [4.78, 5) is 9.99. The summed E-state index contributed by atoms with van der Waals surface area (Å²) in [5.41, 5.74) is 0. The van der Waals surface area contributed by atoms with Crippen molar-refractivity contribution in [2.24, 2.45) is 0 Å². The van der Waals surface area contributed by atoms with Gasteiger partial charge in [-0.1, -0.05) is 0 Å². The van der Waals surface area contributed by atoms with Gasteiger partial charge in [0.25, 0.3) is 0 Å². The van der Waals surface area contributed by atoms with Gasteiger partial charge in [0.1, 0.15) is 0 Å². The molecule has 0 radical (unpaired) electrons. The van der Waals surface area contributed by atoms with E-state index in [0.29, 0.717) is 6.54 Å². The van der Waals surface area contributed by atoms with Crippen molar-refractivity contribution in [3.8, 4) is 5.88 Å². The Labute approximate surface area is 63.2 Å². The van der Waals surface area contributed by atoms with Crippen LogP contribution < -0.4 is 4.74 Å². The molecule has 0 fully saturated rings. The molecule has 5 nitrogen and oxygen atoms in total. The fourth-order valence-corrected chi connectivity index (χ4v) is 0.663. The van der Waals surface area contributed by atoms with Crippen LogP contribution in [0.5, 0.6) is 5.88 Å². The highest BCUT2D eigenvalue weighted by atomic mass is 16.7. The Morgan fingerprint density at radius 1 is 1.91 bits per heavy atom. The third kappa shape index (κ3) is 1.96. The van der Waals surface area contributed by atoms with Crippen LogP contribution in [0.25, 0.3) is 0 Å². The molecule has 0 saturated heterocycles. The second-order valence-corrected chi connectivity index (χ2v) is 1.88. The van der Waals surface area contributed by atoms with Crippen LogP contribution in [0.3, 0.4) is 0 Å². The largest absolute Gasteiger partial charge is 0.512 e. The number of carboxylic acid groups (broad SMARTS) is 1. The first-order chi connectivity index (χ1) is 5.22. The van der Waals surface area contributed by atoms with Gasteiger partial charge in [-0.15, -0.1) is 5.10 Å². The van der Waals surface area contributed by atoms with Gasteiger partial charge in [-0.05, 0) is 6.92 Å². The lowest BCUT2D eigenvalue weighted by Gasteiger charge is -1.92. The summed E-state index contributed by atoms with van der Waals surface area (Å²) >= 11 is 0. The Morgan fingerprint density at radius 3 is 3.09 bits per heavy atom. The van der Waals surface area contributed by atoms with E-state index < -0.39 is 6.16 Å². The Hall–Kier alpha value is -1.52. The predicted octanol–water partition coefficient (Wildman–Crippen LogP) is 0.960. The highest BCUT2D eigenvalue weighted by Gasteiger charge is 2.02. The molecule has 0 bridgehead atoms. The topological polar surface area (TPSA) is 64.3 Å². The molecule has 0 aliphatic carbocycles. The molecular formula is C6H8N2O3. The van der Waals surface area contributed by atoms with Crippen molar-refractivity contribution in [2.75, 3.05) is 0 Å². The van der Waals surface area contributed by atoms with E-state index in [0.717, 1.165) is 0 Å². The maximum absolute atomic E-state index is 9.99. The highest BCUT2D eigenvalue weighted by molar-refractivity contribution is 5.60. The minimum atomic E-state index is -1.34. The zero-order valence-electron chi connectivity index (χ0n) is 6.02. The lowest BCUT2D eigenvalue weighted by Crippen LogP contribution is -2.04. The molecule has 1 rings (SSSR count). The molecule has 11 heavy (non-hydrogen) atoms. The van der Waals surface area contributed by atoms with Crippen molar-refractivity contribution < 1.29 is 14.6 Å². The molecule has 1 aromatic heterocycles. The Kier molecular flexibility index (Phi) is 2.10. The summed E-state index contributed by atoms with van der Waals surface area (Å²) in [5, 5.41) is 12.0. The molecule has 1 aromatic rings. The summed E-state index contributed by atoms with van der Waals surface area (Å²) in [6.07, 6.45) is 0.310. The standard InChI is InChI=1S/C6H8N2O3/c1-2-8-4-3-5(7-8)11-6(9)10/h3-4H,2H2,1H3,(H,9,10). The van der Waals surface area contributed by atoms with Gasteiger partial charge in [-0.2, -0.15) is 0 Å². The molecule has 0 atom stereocenters. The van der Waals surface area contributed by atoms with E-state index in [9.17, 15) is 4.79 Å². The Balaban J connectivity index is 2.65. The number of carbonyl (C=O) groups is 1. The van der Waals surface area contributed by atoms with Crippen molar-refractivity contribution in [3.63, 3.8) is 0 Å². The van der Waals surface area contributed by atoms with Crippen LogP contribution >= 0.6 is 0 Å². The van der Waals surface area contributed by atoms with Crippen molar-refractivity contribution in [3.05, 3.63) is 12.3 Å². The zero-order chi connectivity index (χ0) is 8.27. The second-order valence-electron chi connectivity index (χ2n) is 1.88. The number of hydrogen-bond acceptors (Lipinski definition) is 3. The second kappa shape index (κ2) is 3.05. The van der Waals surface area contributed by atoms with Crippen molar-refractivity contribution in [1.82, 2.24) is 9.78 Å². The van der Waals surface area contributed by atoms with E-state index >= 15 is 0 Å². The molecule has 1 N–H and O–H groups in total. The first-order valence-electron chi connectivity index (χ1n) is 3.16. The van der Waals surface area contributed by atoms with Gasteiger partial charge >= 0.3 is 6.16 Å². The number of rotatable bonds is 2. The predicted molar refractivity (Wildman–Crippen MR) is 36.6 cm³/mol. The third-order valence-electron chi connectivity index (χ3n) is 1.13. The highest BCUT2D eigenvalue weighted by Crippen LogP contribution is 2.04. The normalized spacial score (nSPS) is 9.55. The zero-order valence-corrected chi connectivity index (χ0v) is 6.02. The van der Waals surface area contributed by atoms with Gasteiger partial charge in [0, 0.05) is 18.8 Å². The summed E-state index contributed by atoms with van der Waals surface area (Å²) < 4.78 is 5.86. The molecule has 5 heteroatoms. The van der Waals surface area contributed by atoms with Gasteiger partial charge in [-0.3, -0.25) is 4.68 Å². The number of ether oxygens (including phenoxy) is 1. The van der Waals surface area contributed by atoms with Crippen LogP contribution in [-0.2, 0) is 6.54 Å². The number of nitrogens with zero attached hydrogens (tertiary/aromatic N) is 2. The van der Waals surface area contributed by atoms with E-state index in [1.54, 1.807) is 10.9 Å². The van der Waals surface area contributed by atoms with E-state index in [2.05, 4.69) is 9.84 Å². The quantitative estimate of drug-likeness (QED) is 0.647. The summed E-state index contributed by atoms with van der Waals surface area (Å²) in [7, 11) is 0. The molecule has 0 unspecified atom stereocenters. The minimum Gasteiger partial charge on any atom is -0.449 e. The maximum Gasteiger partial charge on any atom is 0.512 e. The summed E-state index contributed by atoms with van der Waals surface area (Å²) in [5.74, 6) is 0.111. The fourth-order valence-electron chi connectivity index (χ4n) is 0.663. The SMILES string of the molecule is CCn1ccc(OC(=O)O)n1. The molecule has 0 spiro atoms. The van der Waals surface area contributed by atoms with Crippen molar-refractivity contribution in [2.45, 2.75) is 13.5 Å². The Bertz CT molecular complexity index is 256. The summed E-state index contributed by atoms with van der Waals surface area (Å²) in [6.45, 7) is 2.60.